The topological polar surface area (TPSA) is 93.0 Å². The van der Waals surface area contributed by atoms with Gasteiger partial charge in [0, 0.05) is 25.2 Å². The molecule has 4 rings (SSSR count). The summed E-state index contributed by atoms with van der Waals surface area (Å²) in [5.41, 5.74) is 6.96. The Balaban J connectivity index is 1.74. The van der Waals surface area contributed by atoms with Crippen LogP contribution in [0, 0.1) is 19.3 Å². The van der Waals surface area contributed by atoms with E-state index in [-0.39, 0.29) is 29.4 Å². The van der Waals surface area contributed by atoms with Gasteiger partial charge >= 0.3 is 0 Å². The third-order valence-electron chi connectivity index (χ3n) is 6.68. The van der Waals surface area contributed by atoms with Crippen LogP contribution in [0.15, 0.2) is 35.5 Å². The van der Waals surface area contributed by atoms with Crippen LogP contribution < -0.4 is 5.73 Å². The first-order chi connectivity index (χ1) is 15.0. The smallest absolute Gasteiger partial charge is 0.205 e. The Labute approximate surface area is 187 Å². The molecule has 2 N–H and O–H groups in total. The van der Waals surface area contributed by atoms with Gasteiger partial charge in [-0.05, 0) is 61.9 Å². The van der Waals surface area contributed by atoms with Crippen molar-refractivity contribution in [1.82, 2.24) is 9.29 Å². The minimum atomic E-state index is -2.83. The number of carbonyl (C=O) groups is 1. The zero-order chi connectivity index (χ0) is 23.5. The van der Waals surface area contributed by atoms with Crippen molar-refractivity contribution in [3.63, 3.8) is 0 Å². The standard InChI is InChI=1S/C23H24FN5O2S/c1-14-10-16(26-3)13-27-20(14)19(30)12-15-6-7-18(24)17(11-15)22(2)23(8-9-23)32(5,31)29(4)21(25)28-22/h6-7,10-11,13H,5,8-9,12H2,1-2,4H3,(H2,25,28)/t22-,32?/m1/s1. The van der Waals surface area contributed by atoms with E-state index in [0.29, 0.717) is 29.7 Å². The molecule has 1 aliphatic carbocycles. The lowest BCUT2D eigenvalue weighted by Gasteiger charge is -2.45. The molecule has 32 heavy (non-hydrogen) atoms. The van der Waals surface area contributed by atoms with Gasteiger partial charge in [-0.3, -0.25) is 14.1 Å². The van der Waals surface area contributed by atoms with Gasteiger partial charge in [0.1, 0.15) is 17.1 Å². The lowest BCUT2D eigenvalue weighted by atomic mass is 9.85. The first-order valence-electron chi connectivity index (χ1n) is 10.1. The van der Waals surface area contributed by atoms with Crippen LogP contribution in [0.4, 0.5) is 10.1 Å². The van der Waals surface area contributed by atoms with Crippen molar-refractivity contribution in [2.24, 2.45) is 10.7 Å². The van der Waals surface area contributed by atoms with Crippen molar-refractivity contribution < 1.29 is 13.4 Å². The molecule has 1 saturated carbocycles. The molecular formula is C23H24FN5O2S. The number of benzene rings is 1. The molecule has 1 aromatic heterocycles. The Hall–Kier alpha value is -3.25. The number of aryl methyl sites for hydroxylation is 1. The van der Waals surface area contributed by atoms with Crippen LogP contribution in [0.25, 0.3) is 4.85 Å². The van der Waals surface area contributed by atoms with Crippen molar-refractivity contribution in [3.8, 4) is 0 Å². The predicted molar refractivity (Wildman–Crippen MR) is 124 cm³/mol. The van der Waals surface area contributed by atoms with Gasteiger partial charge in [0.05, 0.1) is 21.0 Å². The van der Waals surface area contributed by atoms with Crippen molar-refractivity contribution in [2.45, 2.75) is 43.4 Å². The van der Waals surface area contributed by atoms with E-state index >= 15 is 4.39 Å². The highest BCUT2D eigenvalue weighted by molar-refractivity contribution is 8.00. The van der Waals surface area contributed by atoms with E-state index in [0.717, 1.165) is 0 Å². The molecule has 1 fully saturated rings. The molecule has 7 nitrogen and oxygen atoms in total. The van der Waals surface area contributed by atoms with Crippen LogP contribution in [0.1, 0.15) is 46.9 Å². The van der Waals surface area contributed by atoms with Gasteiger partial charge in [-0.25, -0.2) is 18.4 Å². The van der Waals surface area contributed by atoms with Crippen LogP contribution >= 0.6 is 0 Å². The highest BCUT2D eigenvalue weighted by Crippen LogP contribution is 2.60. The second-order valence-corrected chi connectivity index (χ2v) is 11.2. The summed E-state index contributed by atoms with van der Waals surface area (Å²) < 4.78 is 29.2. The number of carbonyl (C=O) groups excluding carboxylic acids is 1. The molecule has 2 atom stereocenters. The number of Topliss-reactive ketones (excluding diaryl/α,β-unsaturated/α-hetero) is 1. The summed E-state index contributed by atoms with van der Waals surface area (Å²) in [5, 5.41) is 0. The van der Waals surface area contributed by atoms with E-state index in [1.165, 1.54) is 16.6 Å². The quantitative estimate of drug-likeness (QED) is 0.437. The van der Waals surface area contributed by atoms with Gasteiger partial charge in [-0.1, -0.05) is 6.07 Å². The fourth-order valence-electron chi connectivity index (χ4n) is 4.59. The van der Waals surface area contributed by atoms with Crippen LogP contribution in [-0.2, 0) is 21.7 Å². The molecule has 1 spiro atoms. The molecule has 2 heterocycles. The zero-order valence-electron chi connectivity index (χ0n) is 18.2. The summed E-state index contributed by atoms with van der Waals surface area (Å²) in [4.78, 5) is 24.9. The molecule has 2 aliphatic rings. The van der Waals surface area contributed by atoms with Gasteiger partial charge in [0.2, 0.25) is 11.6 Å². The maximum atomic E-state index is 15.1. The Morgan fingerprint density at radius 3 is 2.69 bits per heavy atom. The summed E-state index contributed by atoms with van der Waals surface area (Å²) >= 11 is 0. The normalized spacial score (nSPS) is 25.8. The van der Waals surface area contributed by atoms with Gasteiger partial charge in [0.25, 0.3) is 0 Å². The SMILES string of the molecule is [C-]#[N+]c1cnc(C(=O)Cc2ccc(F)c([C@@]3(C)N=C(N)N(C)S(=C)(=O)C34CC4)c2)c(C)c1. The van der Waals surface area contributed by atoms with Crippen molar-refractivity contribution >= 4 is 33.0 Å². The second kappa shape index (κ2) is 7.14. The molecule has 166 valence electrons. The van der Waals surface area contributed by atoms with E-state index in [9.17, 15) is 9.00 Å². The van der Waals surface area contributed by atoms with Crippen molar-refractivity contribution in [3.05, 3.63) is 70.1 Å². The first kappa shape index (κ1) is 22.0. The highest BCUT2D eigenvalue weighted by atomic mass is 32.2. The Morgan fingerprint density at radius 2 is 2.09 bits per heavy atom. The van der Waals surface area contributed by atoms with E-state index in [4.69, 9.17) is 12.3 Å². The Kier molecular flexibility index (Phi) is 4.90. The molecule has 0 saturated heterocycles. The first-order valence-corrected chi connectivity index (χ1v) is 11.8. The molecule has 9 heteroatoms. The number of nitrogens with two attached hydrogens (primary N) is 1. The average Bonchev–Trinajstić information content (AvgIpc) is 3.56. The lowest BCUT2D eigenvalue weighted by molar-refractivity contribution is 0.0987. The van der Waals surface area contributed by atoms with Crippen molar-refractivity contribution in [1.29, 1.82) is 0 Å². The number of halogens is 1. The molecule has 0 radical (unpaired) electrons. The lowest BCUT2D eigenvalue weighted by Crippen LogP contribution is -2.58. The number of nitrogens with zero attached hydrogens (tertiary/aromatic N) is 4. The van der Waals surface area contributed by atoms with E-state index < -0.39 is 25.8 Å². The van der Waals surface area contributed by atoms with Crippen LogP contribution in [0.2, 0.25) is 0 Å². The molecule has 2 aromatic rings. The monoisotopic (exact) mass is 453 g/mol. The maximum absolute atomic E-state index is 15.1. The number of aromatic nitrogens is 1. The average molecular weight is 454 g/mol. The van der Waals surface area contributed by atoms with Gasteiger partial charge in [0.15, 0.2) is 5.78 Å². The summed E-state index contributed by atoms with van der Waals surface area (Å²) in [7, 11) is -1.24. The Morgan fingerprint density at radius 1 is 1.41 bits per heavy atom. The second-order valence-electron chi connectivity index (χ2n) is 8.56. The predicted octanol–water partition coefficient (Wildman–Crippen LogP) is 3.14. The third kappa shape index (κ3) is 3.01. The Bertz CT molecular complexity index is 1320. The number of aliphatic imine (C=N–C) groups is 1. The summed E-state index contributed by atoms with van der Waals surface area (Å²) in [6.07, 6.45) is 2.54. The number of hydrogen-bond acceptors (Lipinski definition) is 5. The highest BCUT2D eigenvalue weighted by Gasteiger charge is 2.67. The minimum absolute atomic E-state index is 0.000410. The van der Waals surface area contributed by atoms with Crippen LogP contribution in [-0.4, -0.2) is 42.9 Å². The minimum Gasteiger partial charge on any atom is -0.369 e. The number of hydrogen-bond donors (Lipinski definition) is 1. The van der Waals surface area contributed by atoms with E-state index in [1.807, 2.05) is 0 Å². The van der Waals surface area contributed by atoms with E-state index in [1.54, 1.807) is 39.1 Å². The number of pyridine rings is 1. The third-order valence-corrected chi connectivity index (χ3v) is 9.78. The zero-order valence-corrected chi connectivity index (χ0v) is 19.0. The largest absolute Gasteiger partial charge is 0.369 e. The molecular weight excluding hydrogens is 429 g/mol. The van der Waals surface area contributed by atoms with Gasteiger partial charge in [-0.2, -0.15) is 0 Å². The van der Waals surface area contributed by atoms with E-state index in [2.05, 4.69) is 20.7 Å². The molecule has 1 aliphatic heterocycles. The van der Waals surface area contributed by atoms with Gasteiger partial charge < -0.3 is 5.73 Å². The maximum Gasteiger partial charge on any atom is 0.205 e. The summed E-state index contributed by atoms with van der Waals surface area (Å²) in [6, 6.07) is 6.07. The number of rotatable bonds is 4. The fourth-order valence-corrected chi connectivity index (χ4v) is 6.97. The fraction of sp³-hybridized carbons (Fsp3) is 0.348. The van der Waals surface area contributed by atoms with Gasteiger partial charge in [-0.15, -0.1) is 0 Å². The molecule has 0 bridgehead atoms. The molecule has 0 amide bonds. The van der Waals surface area contributed by atoms with Crippen LogP contribution in [0.5, 0.6) is 0 Å². The molecule has 1 unspecified atom stereocenters. The molecule has 1 aromatic carbocycles. The summed E-state index contributed by atoms with van der Waals surface area (Å²) in [5.74, 6) is 3.26. The number of guanidine groups is 1. The number of ketones is 1. The van der Waals surface area contributed by atoms with Crippen molar-refractivity contribution in [2.75, 3.05) is 7.05 Å². The summed E-state index contributed by atoms with van der Waals surface area (Å²) in [6.45, 7) is 10.5. The van der Waals surface area contributed by atoms with Crippen LogP contribution in [0.3, 0.4) is 0 Å².